The van der Waals surface area contributed by atoms with Crippen molar-refractivity contribution in [1.29, 1.82) is 0 Å². The van der Waals surface area contributed by atoms with Gasteiger partial charge in [0, 0.05) is 14.1 Å². The number of para-hydroxylation sites is 1. The van der Waals surface area contributed by atoms with Gasteiger partial charge in [0.15, 0.2) is 17.2 Å². The van der Waals surface area contributed by atoms with Gasteiger partial charge in [0.2, 0.25) is 6.79 Å². The van der Waals surface area contributed by atoms with Crippen molar-refractivity contribution in [2.75, 3.05) is 31.5 Å². The number of nitrogens with zero attached hydrogens (tertiary/aromatic N) is 3. The number of nitrogens with one attached hydrogen (secondary N) is 2. The summed E-state index contributed by atoms with van der Waals surface area (Å²) in [4.78, 5) is 14.0. The number of benzene rings is 2. The Labute approximate surface area is 196 Å². The number of fused-ring (bicyclic) bond motifs is 1. The van der Waals surface area contributed by atoms with Crippen LogP contribution in [0.5, 0.6) is 17.2 Å². The lowest BCUT2D eigenvalue weighted by atomic mass is 9.82. The number of phenols is 1. The van der Waals surface area contributed by atoms with Gasteiger partial charge in [-0.05, 0) is 40.4 Å². The number of aromatic hydroxyl groups is 1. The third-order valence-corrected chi connectivity index (χ3v) is 5.42. The lowest BCUT2D eigenvalue weighted by Crippen LogP contribution is -2.33. The Morgan fingerprint density at radius 2 is 1.94 bits per heavy atom. The molecule has 11 nitrogen and oxygen atoms in total. The van der Waals surface area contributed by atoms with Crippen LogP contribution in [0.1, 0.15) is 42.7 Å². The quantitative estimate of drug-likeness (QED) is 0.366. The first-order chi connectivity index (χ1) is 16.1. The molecule has 1 atom stereocenters. The summed E-state index contributed by atoms with van der Waals surface area (Å²) in [5.41, 5.74) is 0.830. The van der Waals surface area contributed by atoms with E-state index in [9.17, 15) is 15.1 Å². The second-order valence-corrected chi connectivity index (χ2v) is 9.21. The van der Waals surface area contributed by atoms with Crippen molar-refractivity contribution in [3.63, 3.8) is 0 Å². The zero-order valence-corrected chi connectivity index (χ0v) is 19.6. The van der Waals surface area contributed by atoms with E-state index in [0.29, 0.717) is 11.5 Å². The number of ether oxygens (including phenoxy) is 2. The molecule has 1 aromatic heterocycles. The maximum atomic E-state index is 12.5. The van der Waals surface area contributed by atoms with E-state index in [1.165, 1.54) is 11.0 Å². The summed E-state index contributed by atoms with van der Waals surface area (Å²) < 4.78 is 15.7. The summed E-state index contributed by atoms with van der Waals surface area (Å²) in [5, 5.41) is 33.0. The van der Waals surface area contributed by atoms with Crippen LogP contribution in [0.2, 0.25) is 0 Å². The van der Waals surface area contributed by atoms with Crippen LogP contribution in [0.4, 0.5) is 17.3 Å². The minimum Gasteiger partial charge on any atom is -0.505 e. The highest BCUT2D eigenvalue weighted by molar-refractivity contribution is 5.98. The average Bonchev–Trinajstić information content (AvgIpc) is 3.38. The van der Waals surface area contributed by atoms with E-state index in [4.69, 9.17) is 14.1 Å². The summed E-state index contributed by atoms with van der Waals surface area (Å²) in [7, 11) is 3.18. The predicted molar refractivity (Wildman–Crippen MR) is 123 cm³/mol. The zero-order valence-electron chi connectivity index (χ0n) is 19.6. The number of aromatic nitrogens is 2. The van der Waals surface area contributed by atoms with E-state index >= 15 is 0 Å². The Morgan fingerprint density at radius 3 is 2.65 bits per heavy atom. The summed E-state index contributed by atoms with van der Waals surface area (Å²) in [6, 6.07) is 9.92. The number of rotatable bonds is 6. The number of carbonyl (C=O) groups is 1. The standard InChI is InChI=1S/C23H27N5O6/c1-23(2,3)19(13-9-10-16-17(11-13)33-12-32-16)25-21-20(26-34-28(21)31)24-15-8-6-7-14(18(15)29)22(30)27(4)5/h6-11,19,25,29H,12H2,1-5H3,(H,24,26)/t19-/m0/s1. The van der Waals surface area contributed by atoms with Crippen LogP contribution < -0.4 is 25.0 Å². The summed E-state index contributed by atoms with van der Waals surface area (Å²) in [6.45, 7) is 6.22. The molecular formula is C23H27N5O6. The van der Waals surface area contributed by atoms with Crippen LogP contribution in [-0.4, -0.2) is 42.0 Å². The second-order valence-electron chi connectivity index (χ2n) is 9.21. The molecular weight excluding hydrogens is 442 g/mol. The topological polar surface area (TPSA) is 136 Å². The van der Waals surface area contributed by atoms with E-state index < -0.39 is 0 Å². The van der Waals surface area contributed by atoms with Crippen LogP contribution in [0.15, 0.2) is 41.0 Å². The van der Waals surface area contributed by atoms with Crippen molar-refractivity contribution in [3.05, 3.63) is 52.7 Å². The Kier molecular flexibility index (Phi) is 5.86. The van der Waals surface area contributed by atoms with Crippen molar-refractivity contribution in [2.24, 2.45) is 5.41 Å². The van der Waals surface area contributed by atoms with Gasteiger partial charge in [-0.3, -0.25) is 10.1 Å². The molecule has 0 saturated carbocycles. The van der Waals surface area contributed by atoms with Crippen LogP contribution in [0.25, 0.3) is 0 Å². The Balaban J connectivity index is 1.66. The molecule has 34 heavy (non-hydrogen) atoms. The third kappa shape index (κ3) is 4.36. The number of amides is 1. The van der Waals surface area contributed by atoms with E-state index in [1.807, 2.05) is 39.0 Å². The monoisotopic (exact) mass is 469 g/mol. The first-order valence-electron chi connectivity index (χ1n) is 10.6. The highest BCUT2D eigenvalue weighted by Gasteiger charge is 2.34. The molecule has 0 radical (unpaired) electrons. The van der Waals surface area contributed by atoms with Gasteiger partial charge in [-0.15, -0.1) is 0 Å². The minimum absolute atomic E-state index is 0.0151. The molecule has 11 heteroatoms. The fourth-order valence-electron chi connectivity index (χ4n) is 3.67. The number of phenolic OH excluding ortho intramolecular Hbond substituents is 1. The average molecular weight is 469 g/mol. The van der Waals surface area contributed by atoms with Gasteiger partial charge in [-0.1, -0.05) is 37.8 Å². The molecule has 3 N–H and O–H groups in total. The number of hydrogen-bond donors (Lipinski definition) is 3. The minimum atomic E-state index is -0.367. The molecule has 0 fully saturated rings. The molecule has 3 aromatic rings. The molecule has 2 aromatic carbocycles. The number of hydrogen-bond acceptors (Lipinski definition) is 9. The Bertz CT molecular complexity index is 1220. The second kappa shape index (κ2) is 8.65. The Morgan fingerprint density at radius 1 is 1.21 bits per heavy atom. The molecule has 0 spiro atoms. The van der Waals surface area contributed by atoms with Gasteiger partial charge < -0.3 is 34.6 Å². The van der Waals surface area contributed by atoms with Crippen molar-refractivity contribution < 1.29 is 28.9 Å². The highest BCUT2D eigenvalue weighted by Crippen LogP contribution is 2.41. The largest absolute Gasteiger partial charge is 0.505 e. The molecule has 0 bridgehead atoms. The molecule has 4 rings (SSSR count). The van der Waals surface area contributed by atoms with E-state index in [1.54, 1.807) is 26.2 Å². The molecule has 1 aliphatic heterocycles. The first kappa shape index (κ1) is 23.0. The fraction of sp³-hybridized carbons (Fsp3) is 0.348. The maximum absolute atomic E-state index is 12.5. The normalized spacial score (nSPS) is 13.4. The summed E-state index contributed by atoms with van der Waals surface area (Å²) in [5.74, 6) is 0.714. The molecule has 1 aliphatic rings. The van der Waals surface area contributed by atoms with Gasteiger partial charge in [-0.2, -0.15) is 0 Å². The molecule has 0 aliphatic carbocycles. The predicted octanol–water partition coefficient (Wildman–Crippen LogP) is 3.39. The Hall–Kier alpha value is -4.15. The van der Waals surface area contributed by atoms with Gasteiger partial charge in [0.1, 0.15) is 6.04 Å². The summed E-state index contributed by atoms with van der Waals surface area (Å²) >= 11 is 0. The van der Waals surface area contributed by atoms with Gasteiger partial charge in [0.25, 0.3) is 5.91 Å². The van der Waals surface area contributed by atoms with E-state index in [-0.39, 0.29) is 57.7 Å². The van der Waals surface area contributed by atoms with Gasteiger partial charge in [-0.25, -0.2) is 0 Å². The van der Waals surface area contributed by atoms with Gasteiger partial charge >= 0.3 is 11.6 Å². The van der Waals surface area contributed by atoms with E-state index in [0.717, 1.165) is 5.56 Å². The van der Waals surface area contributed by atoms with Crippen LogP contribution in [-0.2, 0) is 0 Å². The van der Waals surface area contributed by atoms with Gasteiger partial charge in [0.05, 0.1) is 11.3 Å². The van der Waals surface area contributed by atoms with Crippen molar-refractivity contribution in [3.8, 4) is 17.2 Å². The van der Waals surface area contributed by atoms with Crippen molar-refractivity contribution >= 4 is 23.2 Å². The van der Waals surface area contributed by atoms with Crippen molar-refractivity contribution in [2.45, 2.75) is 26.8 Å². The highest BCUT2D eigenvalue weighted by atomic mass is 16.8. The zero-order chi connectivity index (χ0) is 24.6. The van der Waals surface area contributed by atoms with Crippen molar-refractivity contribution in [1.82, 2.24) is 10.1 Å². The smallest absolute Gasteiger partial charge is 0.320 e. The van der Waals surface area contributed by atoms with Crippen LogP contribution >= 0.6 is 0 Å². The molecule has 1 amide bonds. The van der Waals surface area contributed by atoms with Crippen LogP contribution in [0, 0.1) is 10.6 Å². The molecule has 0 saturated heterocycles. The van der Waals surface area contributed by atoms with E-state index in [2.05, 4.69) is 15.8 Å². The SMILES string of the molecule is CN(C)C(=O)c1cccc(Nc2no[n+]([O-])c2N[C@@H](c2ccc3c(c2)OCO3)C(C)(C)C)c1O. The molecule has 180 valence electrons. The lowest BCUT2D eigenvalue weighted by Gasteiger charge is -2.29. The third-order valence-electron chi connectivity index (χ3n) is 5.42. The van der Waals surface area contributed by atoms with Crippen LogP contribution in [0.3, 0.4) is 0 Å². The molecule has 0 unspecified atom stereocenters. The lowest BCUT2D eigenvalue weighted by molar-refractivity contribution is -0.791. The maximum Gasteiger partial charge on any atom is 0.320 e. The molecule has 2 heterocycles. The summed E-state index contributed by atoms with van der Waals surface area (Å²) in [6.07, 6.45) is 0. The number of carbonyl (C=O) groups excluding carboxylic acids is 1. The fourth-order valence-corrected chi connectivity index (χ4v) is 3.67. The number of anilines is 3. The first-order valence-corrected chi connectivity index (χ1v) is 10.6.